The zero-order chi connectivity index (χ0) is 15.4. The Morgan fingerprint density at radius 3 is 2.05 bits per heavy atom. The van der Waals surface area contributed by atoms with E-state index < -0.39 is 35.5 Å². The van der Waals surface area contributed by atoms with Crippen LogP contribution >= 0.6 is 0 Å². The number of nitrogens with two attached hydrogens (primary N) is 2. The van der Waals surface area contributed by atoms with Crippen molar-refractivity contribution in [2.45, 2.75) is 51.8 Å². The predicted octanol–water partition coefficient (Wildman–Crippen LogP) is -0.622. The Labute approximate surface area is 113 Å². The number of hydrogen-bond acceptors (Lipinski definition) is 5. The van der Waals surface area contributed by atoms with E-state index in [2.05, 4.69) is 0 Å². The number of rotatable bonds is 5. The lowest BCUT2D eigenvalue weighted by atomic mass is 10.1. The number of likely N-dealkylation sites (N-methyl/N-ethyl adjacent to an activating group) is 1. The molecule has 2 atom stereocenters. The Bertz CT molecular complexity index is 360. The van der Waals surface area contributed by atoms with E-state index in [0.29, 0.717) is 0 Å². The minimum absolute atomic E-state index is 0.290. The number of amides is 2. The van der Waals surface area contributed by atoms with Crippen LogP contribution in [-0.2, 0) is 19.1 Å². The van der Waals surface area contributed by atoms with Crippen molar-refractivity contribution in [1.29, 1.82) is 0 Å². The van der Waals surface area contributed by atoms with Crippen LogP contribution in [0.25, 0.3) is 0 Å². The molecule has 0 spiro atoms. The number of esters is 1. The highest BCUT2D eigenvalue weighted by molar-refractivity contribution is 5.91. The number of hydrogen-bond donors (Lipinski definition) is 2. The molecular formula is C12H23N3O4. The Kier molecular flexibility index (Phi) is 5.95. The summed E-state index contributed by atoms with van der Waals surface area (Å²) >= 11 is 0. The van der Waals surface area contributed by atoms with Crippen LogP contribution in [0, 0.1) is 0 Å². The minimum atomic E-state index is -1.06. The summed E-state index contributed by atoms with van der Waals surface area (Å²) in [6.45, 7) is 6.62. The van der Waals surface area contributed by atoms with Gasteiger partial charge < -0.3 is 21.1 Å². The van der Waals surface area contributed by atoms with Gasteiger partial charge in [-0.2, -0.15) is 0 Å². The van der Waals surface area contributed by atoms with E-state index in [4.69, 9.17) is 16.2 Å². The second-order valence-electron chi connectivity index (χ2n) is 5.45. The van der Waals surface area contributed by atoms with E-state index in [1.807, 2.05) is 0 Å². The first-order chi connectivity index (χ1) is 8.45. The van der Waals surface area contributed by atoms with Crippen LogP contribution in [0.15, 0.2) is 0 Å². The molecule has 2 amide bonds. The molecule has 0 saturated carbocycles. The fourth-order valence-electron chi connectivity index (χ4n) is 1.44. The molecular weight excluding hydrogens is 250 g/mol. The van der Waals surface area contributed by atoms with Crippen LogP contribution < -0.4 is 11.5 Å². The Balaban J connectivity index is 4.81. The first-order valence-corrected chi connectivity index (χ1v) is 5.99. The number of nitrogens with zero attached hydrogens (tertiary/aromatic N) is 1. The SMILES string of the molecule is C[C@H](N)C(=O)N(C)[C@@H](CC(=O)OC(C)(C)C)C(N)=O. The minimum Gasteiger partial charge on any atom is -0.460 e. The third kappa shape index (κ3) is 6.19. The average molecular weight is 273 g/mol. The Morgan fingerprint density at radius 2 is 1.74 bits per heavy atom. The maximum atomic E-state index is 11.7. The molecule has 0 aromatic heterocycles. The van der Waals surface area contributed by atoms with Crippen molar-refractivity contribution in [3.05, 3.63) is 0 Å². The molecule has 0 aliphatic rings. The Morgan fingerprint density at radius 1 is 1.26 bits per heavy atom. The zero-order valence-electron chi connectivity index (χ0n) is 12.1. The van der Waals surface area contributed by atoms with Gasteiger partial charge in [0.05, 0.1) is 12.5 Å². The highest BCUT2D eigenvalue weighted by Crippen LogP contribution is 2.11. The number of primary amides is 1. The van der Waals surface area contributed by atoms with Gasteiger partial charge in [0.1, 0.15) is 11.6 Å². The van der Waals surface area contributed by atoms with Crippen LogP contribution in [0.5, 0.6) is 0 Å². The molecule has 0 aromatic rings. The number of carbonyl (C=O) groups excluding carboxylic acids is 3. The second-order valence-corrected chi connectivity index (χ2v) is 5.45. The lowest BCUT2D eigenvalue weighted by molar-refractivity contribution is -0.158. The molecule has 7 nitrogen and oxygen atoms in total. The van der Waals surface area contributed by atoms with Crippen LogP contribution in [0.3, 0.4) is 0 Å². The van der Waals surface area contributed by atoms with Crippen LogP contribution in [0.1, 0.15) is 34.1 Å². The molecule has 0 fully saturated rings. The maximum Gasteiger partial charge on any atom is 0.308 e. The largest absolute Gasteiger partial charge is 0.460 e. The molecule has 0 saturated heterocycles. The summed E-state index contributed by atoms with van der Waals surface area (Å²) in [6.07, 6.45) is -0.290. The summed E-state index contributed by atoms with van der Waals surface area (Å²) in [5, 5.41) is 0. The van der Waals surface area contributed by atoms with Gasteiger partial charge in [-0.15, -0.1) is 0 Å². The predicted molar refractivity (Wildman–Crippen MR) is 69.9 cm³/mol. The molecule has 0 rings (SSSR count). The smallest absolute Gasteiger partial charge is 0.308 e. The summed E-state index contributed by atoms with van der Waals surface area (Å²) in [5.74, 6) is -1.84. The van der Waals surface area contributed by atoms with Gasteiger partial charge in [-0.1, -0.05) is 0 Å². The molecule has 0 aliphatic carbocycles. The van der Waals surface area contributed by atoms with E-state index in [9.17, 15) is 14.4 Å². The monoisotopic (exact) mass is 273 g/mol. The lowest BCUT2D eigenvalue weighted by Gasteiger charge is -2.28. The van der Waals surface area contributed by atoms with E-state index in [0.717, 1.165) is 4.90 Å². The highest BCUT2D eigenvalue weighted by Gasteiger charge is 2.30. The molecule has 0 aromatic carbocycles. The molecule has 0 bridgehead atoms. The van der Waals surface area contributed by atoms with Crippen molar-refractivity contribution in [1.82, 2.24) is 4.90 Å². The molecule has 0 heterocycles. The van der Waals surface area contributed by atoms with Crippen molar-refractivity contribution in [2.75, 3.05) is 7.05 Å². The number of carbonyl (C=O) groups is 3. The van der Waals surface area contributed by atoms with Gasteiger partial charge in [0.25, 0.3) is 0 Å². The quantitative estimate of drug-likeness (QED) is 0.647. The number of ether oxygens (including phenoxy) is 1. The fourth-order valence-corrected chi connectivity index (χ4v) is 1.44. The molecule has 0 aliphatic heterocycles. The third-order valence-electron chi connectivity index (χ3n) is 2.31. The van der Waals surface area contributed by atoms with Gasteiger partial charge >= 0.3 is 5.97 Å². The second kappa shape index (κ2) is 6.51. The van der Waals surface area contributed by atoms with Crippen LogP contribution in [-0.4, -0.2) is 47.4 Å². The molecule has 19 heavy (non-hydrogen) atoms. The molecule has 0 unspecified atom stereocenters. The van der Waals surface area contributed by atoms with Gasteiger partial charge in [-0.3, -0.25) is 14.4 Å². The summed E-state index contributed by atoms with van der Waals surface area (Å²) in [7, 11) is 1.38. The normalized spacial score (nSPS) is 14.4. The van der Waals surface area contributed by atoms with Gasteiger partial charge in [0, 0.05) is 7.05 Å². The lowest BCUT2D eigenvalue weighted by Crippen LogP contribution is -2.51. The van der Waals surface area contributed by atoms with Crippen LogP contribution in [0.4, 0.5) is 0 Å². The molecule has 7 heteroatoms. The van der Waals surface area contributed by atoms with Gasteiger partial charge in [-0.25, -0.2) is 0 Å². The molecule has 4 N–H and O–H groups in total. The van der Waals surface area contributed by atoms with E-state index in [1.165, 1.54) is 14.0 Å². The van der Waals surface area contributed by atoms with E-state index in [-0.39, 0.29) is 6.42 Å². The van der Waals surface area contributed by atoms with Gasteiger partial charge in [-0.05, 0) is 27.7 Å². The van der Waals surface area contributed by atoms with Crippen molar-refractivity contribution in [2.24, 2.45) is 11.5 Å². The topological polar surface area (TPSA) is 116 Å². The first kappa shape index (κ1) is 17.4. The standard InChI is InChI=1S/C12H23N3O4/c1-7(13)11(18)15(5)8(10(14)17)6-9(16)19-12(2,3)4/h7-8H,6,13H2,1-5H3,(H2,14,17)/t7-,8-/m0/s1. The summed E-state index contributed by atoms with van der Waals surface area (Å²) in [5.41, 5.74) is 9.99. The van der Waals surface area contributed by atoms with Crippen molar-refractivity contribution < 1.29 is 19.1 Å². The zero-order valence-corrected chi connectivity index (χ0v) is 12.1. The average Bonchev–Trinajstić information content (AvgIpc) is 2.20. The van der Waals surface area contributed by atoms with Crippen molar-refractivity contribution in [3.63, 3.8) is 0 Å². The summed E-state index contributed by atoms with van der Waals surface area (Å²) in [6, 6.07) is -1.83. The fraction of sp³-hybridized carbons (Fsp3) is 0.750. The van der Waals surface area contributed by atoms with E-state index in [1.54, 1.807) is 20.8 Å². The third-order valence-corrected chi connectivity index (χ3v) is 2.31. The van der Waals surface area contributed by atoms with Gasteiger partial charge in [0.2, 0.25) is 11.8 Å². The summed E-state index contributed by atoms with van der Waals surface area (Å²) in [4.78, 5) is 35.8. The van der Waals surface area contributed by atoms with E-state index >= 15 is 0 Å². The highest BCUT2D eigenvalue weighted by atomic mass is 16.6. The van der Waals surface area contributed by atoms with Crippen LogP contribution in [0.2, 0.25) is 0 Å². The van der Waals surface area contributed by atoms with Gasteiger partial charge in [0.15, 0.2) is 0 Å². The van der Waals surface area contributed by atoms with Crippen molar-refractivity contribution >= 4 is 17.8 Å². The first-order valence-electron chi connectivity index (χ1n) is 5.99. The molecule has 0 radical (unpaired) electrons. The summed E-state index contributed by atoms with van der Waals surface area (Å²) < 4.78 is 5.09. The van der Waals surface area contributed by atoms with Crippen molar-refractivity contribution in [3.8, 4) is 0 Å². The molecule has 110 valence electrons. The Hall–Kier alpha value is -1.63. The maximum absolute atomic E-state index is 11.7.